The Morgan fingerprint density at radius 2 is 2.00 bits per heavy atom. The molecule has 6 heteroatoms. The molecule has 1 N–H and O–H groups in total. The number of hydrogen-bond acceptors (Lipinski definition) is 4. The number of rotatable bonds is 3. The Labute approximate surface area is 107 Å². The van der Waals surface area contributed by atoms with Crippen LogP contribution in [0.15, 0.2) is 24.3 Å². The van der Waals surface area contributed by atoms with Gasteiger partial charge >= 0.3 is 0 Å². The van der Waals surface area contributed by atoms with Gasteiger partial charge in [-0.05, 0) is 37.1 Å². The van der Waals surface area contributed by atoms with Crippen LogP contribution in [0.3, 0.4) is 0 Å². The molecule has 0 unspecified atom stereocenters. The molecule has 0 atom stereocenters. The van der Waals surface area contributed by atoms with Crippen LogP contribution in [0.5, 0.6) is 0 Å². The lowest BCUT2D eigenvalue weighted by molar-refractivity contribution is 0.102. The standard InChI is InChI=1S/C12H10FN3OS/c13-9-5-3-7(4-6-9)10(17)14-12-16-15-11(18-12)8-1-2-8/h3-6,8H,1-2H2,(H,14,16,17). The lowest BCUT2D eigenvalue weighted by Gasteiger charge is -2.00. The van der Waals surface area contributed by atoms with E-state index in [4.69, 9.17) is 0 Å². The average Bonchev–Trinajstić information content (AvgIpc) is 3.11. The maximum atomic E-state index is 12.7. The number of nitrogens with zero attached hydrogens (tertiary/aromatic N) is 2. The molecular formula is C12H10FN3OS. The summed E-state index contributed by atoms with van der Waals surface area (Å²) in [5, 5.41) is 12.1. The highest BCUT2D eigenvalue weighted by Gasteiger charge is 2.27. The molecule has 2 aromatic rings. The molecule has 4 nitrogen and oxygen atoms in total. The van der Waals surface area contributed by atoms with Crippen LogP contribution in [-0.4, -0.2) is 16.1 Å². The van der Waals surface area contributed by atoms with Crippen molar-refractivity contribution < 1.29 is 9.18 Å². The molecule has 0 aliphatic heterocycles. The SMILES string of the molecule is O=C(Nc1nnc(C2CC2)s1)c1ccc(F)cc1. The van der Waals surface area contributed by atoms with Gasteiger partial charge in [-0.25, -0.2) is 4.39 Å². The van der Waals surface area contributed by atoms with Gasteiger partial charge in [0.2, 0.25) is 5.13 Å². The lowest BCUT2D eigenvalue weighted by atomic mass is 10.2. The van der Waals surface area contributed by atoms with Crippen molar-refractivity contribution in [3.05, 3.63) is 40.7 Å². The number of aromatic nitrogens is 2. The number of anilines is 1. The van der Waals surface area contributed by atoms with Crippen molar-refractivity contribution in [1.29, 1.82) is 0 Å². The van der Waals surface area contributed by atoms with Crippen LogP contribution in [-0.2, 0) is 0 Å². The number of carbonyl (C=O) groups is 1. The highest BCUT2D eigenvalue weighted by Crippen LogP contribution is 2.42. The van der Waals surface area contributed by atoms with Crippen molar-refractivity contribution in [3.8, 4) is 0 Å². The molecule has 0 bridgehead atoms. The van der Waals surface area contributed by atoms with Gasteiger partial charge in [0.05, 0.1) is 0 Å². The minimum atomic E-state index is -0.363. The minimum Gasteiger partial charge on any atom is -0.296 e. The average molecular weight is 263 g/mol. The Hall–Kier alpha value is -1.82. The number of amides is 1. The highest BCUT2D eigenvalue weighted by atomic mass is 32.1. The Kier molecular flexibility index (Phi) is 2.79. The van der Waals surface area contributed by atoms with Crippen LogP contribution in [0, 0.1) is 5.82 Å². The van der Waals surface area contributed by atoms with Crippen molar-refractivity contribution in [2.45, 2.75) is 18.8 Å². The van der Waals surface area contributed by atoms with E-state index in [0.29, 0.717) is 16.6 Å². The van der Waals surface area contributed by atoms with Crippen molar-refractivity contribution in [2.75, 3.05) is 5.32 Å². The van der Waals surface area contributed by atoms with Crippen LogP contribution >= 0.6 is 11.3 Å². The molecule has 1 aromatic carbocycles. The molecule has 1 amide bonds. The molecule has 92 valence electrons. The van der Waals surface area contributed by atoms with Crippen molar-refractivity contribution >= 4 is 22.4 Å². The molecule has 0 saturated heterocycles. The van der Waals surface area contributed by atoms with E-state index in [9.17, 15) is 9.18 Å². The lowest BCUT2D eigenvalue weighted by Crippen LogP contribution is -2.11. The van der Waals surface area contributed by atoms with Gasteiger partial charge in [-0.1, -0.05) is 11.3 Å². The largest absolute Gasteiger partial charge is 0.296 e. The van der Waals surface area contributed by atoms with E-state index in [2.05, 4.69) is 15.5 Å². The van der Waals surface area contributed by atoms with Crippen LogP contribution in [0.4, 0.5) is 9.52 Å². The molecule has 0 radical (unpaired) electrons. The Morgan fingerprint density at radius 1 is 1.28 bits per heavy atom. The smallest absolute Gasteiger partial charge is 0.257 e. The number of nitrogens with one attached hydrogen (secondary N) is 1. The molecule has 0 spiro atoms. The quantitative estimate of drug-likeness (QED) is 0.926. The summed E-state index contributed by atoms with van der Waals surface area (Å²) >= 11 is 1.40. The van der Waals surface area contributed by atoms with E-state index in [1.54, 1.807) is 0 Å². The fourth-order valence-corrected chi connectivity index (χ4v) is 2.46. The summed E-state index contributed by atoms with van der Waals surface area (Å²) < 4.78 is 12.7. The van der Waals surface area contributed by atoms with E-state index in [1.165, 1.54) is 35.6 Å². The van der Waals surface area contributed by atoms with Crippen LogP contribution < -0.4 is 5.32 Å². The third-order valence-corrected chi connectivity index (χ3v) is 3.70. The minimum absolute atomic E-state index is 0.298. The van der Waals surface area contributed by atoms with Crippen LogP contribution in [0.2, 0.25) is 0 Å². The van der Waals surface area contributed by atoms with E-state index < -0.39 is 0 Å². The highest BCUT2D eigenvalue weighted by molar-refractivity contribution is 7.15. The molecule has 1 fully saturated rings. The molecule has 1 aromatic heterocycles. The summed E-state index contributed by atoms with van der Waals surface area (Å²) in [5.41, 5.74) is 0.402. The van der Waals surface area contributed by atoms with Crippen molar-refractivity contribution in [1.82, 2.24) is 10.2 Å². The topological polar surface area (TPSA) is 54.9 Å². The summed E-state index contributed by atoms with van der Waals surface area (Å²) in [6.45, 7) is 0. The molecular weight excluding hydrogens is 253 g/mol. The molecule has 1 saturated carbocycles. The summed E-state index contributed by atoms with van der Waals surface area (Å²) in [7, 11) is 0. The summed E-state index contributed by atoms with van der Waals surface area (Å²) in [4.78, 5) is 11.8. The zero-order valence-electron chi connectivity index (χ0n) is 9.39. The molecule has 18 heavy (non-hydrogen) atoms. The second kappa shape index (κ2) is 4.45. The zero-order chi connectivity index (χ0) is 12.5. The summed E-state index contributed by atoms with van der Waals surface area (Å²) in [6.07, 6.45) is 2.31. The predicted molar refractivity (Wildman–Crippen MR) is 66.2 cm³/mol. The van der Waals surface area contributed by atoms with Gasteiger partial charge in [-0.2, -0.15) is 0 Å². The first-order valence-corrected chi connectivity index (χ1v) is 6.44. The second-order valence-electron chi connectivity index (χ2n) is 4.18. The van der Waals surface area contributed by atoms with Gasteiger partial charge in [0.15, 0.2) is 0 Å². The van der Waals surface area contributed by atoms with Gasteiger partial charge in [0.1, 0.15) is 10.8 Å². The van der Waals surface area contributed by atoms with Gasteiger partial charge in [0.25, 0.3) is 5.91 Å². The number of halogens is 1. The monoisotopic (exact) mass is 263 g/mol. The first-order chi connectivity index (χ1) is 8.72. The Morgan fingerprint density at radius 3 is 2.67 bits per heavy atom. The third kappa shape index (κ3) is 2.38. The van der Waals surface area contributed by atoms with Crippen LogP contribution in [0.1, 0.15) is 34.1 Å². The van der Waals surface area contributed by atoms with E-state index >= 15 is 0 Å². The second-order valence-corrected chi connectivity index (χ2v) is 5.19. The van der Waals surface area contributed by atoms with Crippen LogP contribution in [0.25, 0.3) is 0 Å². The van der Waals surface area contributed by atoms with E-state index in [0.717, 1.165) is 17.8 Å². The fourth-order valence-electron chi connectivity index (χ4n) is 1.55. The maximum Gasteiger partial charge on any atom is 0.257 e. The van der Waals surface area contributed by atoms with Gasteiger partial charge < -0.3 is 0 Å². The molecule has 1 heterocycles. The molecule has 1 aliphatic rings. The van der Waals surface area contributed by atoms with Crippen molar-refractivity contribution in [3.63, 3.8) is 0 Å². The molecule has 1 aliphatic carbocycles. The number of hydrogen-bond donors (Lipinski definition) is 1. The normalized spacial score (nSPS) is 14.5. The molecule has 3 rings (SSSR count). The first-order valence-electron chi connectivity index (χ1n) is 5.63. The summed E-state index contributed by atoms with van der Waals surface area (Å²) in [5.74, 6) is -0.133. The Balaban J connectivity index is 1.70. The predicted octanol–water partition coefficient (Wildman–Crippen LogP) is 2.81. The first kappa shape index (κ1) is 11.3. The third-order valence-electron chi connectivity index (χ3n) is 2.69. The summed E-state index contributed by atoms with van der Waals surface area (Å²) in [6, 6.07) is 5.39. The van der Waals surface area contributed by atoms with Gasteiger partial charge in [-0.3, -0.25) is 10.1 Å². The number of benzene rings is 1. The zero-order valence-corrected chi connectivity index (χ0v) is 10.2. The van der Waals surface area contributed by atoms with E-state index in [1.807, 2.05) is 0 Å². The van der Waals surface area contributed by atoms with Gasteiger partial charge in [-0.15, -0.1) is 10.2 Å². The van der Waals surface area contributed by atoms with Gasteiger partial charge in [0, 0.05) is 11.5 Å². The van der Waals surface area contributed by atoms with E-state index in [-0.39, 0.29) is 11.7 Å². The Bertz CT molecular complexity index is 577. The fraction of sp³-hybridized carbons (Fsp3) is 0.250. The number of carbonyl (C=O) groups excluding carboxylic acids is 1. The maximum absolute atomic E-state index is 12.7. The van der Waals surface area contributed by atoms with Crippen molar-refractivity contribution in [2.24, 2.45) is 0 Å².